The van der Waals surface area contributed by atoms with Crippen LogP contribution >= 0.6 is 22.9 Å². The molecule has 74 heavy (non-hydrogen) atoms. The molecule has 11 rings (SSSR count). The summed E-state index contributed by atoms with van der Waals surface area (Å²) in [5.74, 6) is 7.37. The summed E-state index contributed by atoms with van der Waals surface area (Å²) in [5, 5.41) is 11.7. The summed E-state index contributed by atoms with van der Waals surface area (Å²) in [6.45, 7) is 8.52. The molecular formula is C58H69ClN10O4S. The fourth-order valence-corrected chi connectivity index (χ4v) is 14.6. The van der Waals surface area contributed by atoms with E-state index in [-0.39, 0.29) is 59.4 Å². The van der Waals surface area contributed by atoms with Crippen molar-refractivity contribution in [2.75, 3.05) is 39.3 Å². The molecule has 388 valence electrons. The number of aromatic nitrogens is 3. The number of nitrogens with one attached hydrogen (secondary N) is 2. The number of ketones is 1. The molecule has 5 aromatic rings. The van der Waals surface area contributed by atoms with Crippen LogP contribution in [0.3, 0.4) is 0 Å². The van der Waals surface area contributed by atoms with Crippen LogP contribution in [0.1, 0.15) is 137 Å². The van der Waals surface area contributed by atoms with Gasteiger partial charge in [-0.25, -0.2) is 4.98 Å². The van der Waals surface area contributed by atoms with Gasteiger partial charge in [-0.2, -0.15) is 10.1 Å². The average Bonchev–Trinajstić information content (AvgIpc) is 4.12. The minimum Gasteiger partial charge on any atom is -0.348 e. The third kappa shape index (κ3) is 9.78. The van der Waals surface area contributed by atoms with Crippen LogP contribution in [-0.4, -0.2) is 105 Å². The molecule has 16 heteroatoms. The zero-order valence-electron chi connectivity index (χ0n) is 42.7. The molecule has 2 amide bonds. The molecule has 3 saturated heterocycles. The Morgan fingerprint density at radius 2 is 1.73 bits per heavy atom. The van der Waals surface area contributed by atoms with Gasteiger partial charge in [0.25, 0.3) is 5.56 Å². The number of Topliss-reactive ketones (excluding diaryl/α,β-unsaturated/α-hetero) is 1. The van der Waals surface area contributed by atoms with Crippen molar-refractivity contribution in [3.8, 4) is 16.1 Å². The summed E-state index contributed by atoms with van der Waals surface area (Å²) in [4.78, 5) is 74.5. The minimum absolute atomic E-state index is 0.0187. The standard InChI is InChI=1S/C58H69ClN10O4S/c1-35(38-13-15-42(16-14-38)53-36(2)63-34-74-53)64-54(71)50-30-44(70)33-68(50)56(73)52(41-19-25-61-26-20-41)62-31-47(66-60)40-11-9-37(10-12-40)32-67-27-21-39(22-28-67)43-17-18-45-49(29-43)69-48-8-6-7-46(59)51(48)55(72)65-57(69)58(45)23-4-3-5-24-58/h6-8,13-18,29,31,34-35,37,39-41,50,52,61H,3-5,9-12,19-28,30,32-33,60H2,1-2H3,(H,64,71)/b62-31?,66-47+/t35-,37?,40?,50-,52-/m0/s1. The lowest BCUT2D eigenvalue weighted by Crippen LogP contribution is -2.51. The second kappa shape index (κ2) is 21.6. The number of nitrogens with two attached hydrogens (primary N) is 1. The largest absolute Gasteiger partial charge is 0.348 e. The molecule has 6 aliphatic rings. The molecule has 5 fully saturated rings. The Bertz CT molecular complexity index is 3030. The number of carbonyl (C=O) groups is 3. The number of halogens is 1. The monoisotopic (exact) mass is 1040 g/mol. The van der Waals surface area contributed by atoms with Crippen LogP contribution < -0.4 is 22.0 Å². The van der Waals surface area contributed by atoms with Gasteiger partial charge >= 0.3 is 0 Å². The lowest BCUT2D eigenvalue weighted by molar-refractivity contribution is -0.140. The highest BCUT2D eigenvalue weighted by atomic mass is 35.5. The van der Waals surface area contributed by atoms with Crippen LogP contribution in [0.25, 0.3) is 27.0 Å². The number of nitrogens with zero attached hydrogens (tertiary/aromatic N) is 7. The average molecular weight is 1040 g/mol. The molecule has 0 unspecified atom stereocenters. The Kier molecular flexibility index (Phi) is 14.7. The molecule has 4 N–H and O–H groups in total. The van der Waals surface area contributed by atoms with Crippen molar-refractivity contribution in [2.45, 2.75) is 133 Å². The van der Waals surface area contributed by atoms with Crippen molar-refractivity contribution < 1.29 is 14.4 Å². The number of fused-ring (bicyclic) bond motifs is 7. The van der Waals surface area contributed by atoms with Crippen molar-refractivity contribution in [1.29, 1.82) is 0 Å². The number of benzene rings is 3. The van der Waals surface area contributed by atoms with E-state index in [2.05, 4.69) is 48.4 Å². The molecule has 0 bridgehead atoms. The molecule has 3 atom stereocenters. The number of thiazole rings is 1. The van der Waals surface area contributed by atoms with Gasteiger partial charge in [0, 0.05) is 25.1 Å². The summed E-state index contributed by atoms with van der Waals surface area (Å²) >= 11 is 8.25. The minimum atomic E-state index is -0.904. The van der Waals surface area contributed by atoms with Gasteiger partial charge in [0.15, 0.2) is 5.78 Å². The van der Waals surface area contributed by atoms with Gasteiger partial charge in [-0.3, -0.25) is 28.7 Å². The molecule has 4 aliphatic heterocycles. The summed E-state index contributed by atoms with van der Waals surface area (Å²) in [7, 11) is 0. The molecule has 2 saturated carbocycles. The highest BCUT2D eigenvalue weighted by molar-refractivity contribution is 7.13. The number of aryl methyl sites for hydroxylation is 1. The van der Waals surface area contributed by atoms with Gasteiger partial charge in [-0.1, -0.05) is 73.3 Å². The molecular weight excluding hydrogens is 968 g/mol. The van der Waals surface area contributed by atoms with E-state index >= 15 is 0 Å². The number of aliphatic imine (C=N–C) groups is 1. The zero-order valence-corrected chi connectivity index (χ0v) is 44.3. The van der Waals surface area contributed by atoms with Crippen molar-refractivity contribution in [2.24, 2.45) is 33.7 Å². The summed E-state index contributed by atoms with van der Waals surface area (Å²) in [5.41, 5.74) is 9.74. The third-order valence-electron chi connectivity index (χ3n) is 17.7. The van der Waals surface area contributed by atoms with Crippen LogP contribution in [0, 0.1) is 24.7 Å². The number of carbonyl (C=O) groups excluding carboxylic acids is 3. The fraction of sp³-hybridized carbons (Fsp3) is 0.517. The van der Waals surface area contributed by atoms with Gasteiger partial charge in [0.2, 0.25) is 11.8 Å². The topological polar surface area (TPSA) is 180 Å². The first-order valence-electron chi connectivity index (χ1n) is 27.2. The molecule has 1 spiro atoms. The summed E-state index contributed by atoms with van der Waals surface area (Å²) in [6, 6.07) is 19.0. The van der Waals surface area contributed by atoms with Crippen LogP contribution in [0.4, 0.5) is 0 Å². The SMILES string of the molecule is Cc1ncsc1-c1ccc([C@H](C)NC(=O)[C@@H]2CC(=O)CN2C(=O)[C@@H](N=C/C(=N\N)C2CCC(CN3CCC(c4ccc5c(c4)-n4c(nc(=O)c6c(Cl)cccc64)C54CCCCC4)CC3)CC2)C2CCNCC2)cc1. The number of rotatable bonds is 12. The maximum Gasteiger partial charge on any atom is 0.282 e. The van der Waals surface area contributed by atoms with E-state index in [9.17, 15) is 19.2 Å². The first-order valence-corrected chi connectivity index (χ1v) is 28.5. The quantitative estimate of drug-likeness (QED) is 0.0625. The molecule has 0 radical (unpaired) electrons. The van der Waals surface area contributed by atoms with E-state index in [1.54, 1.807) is 23.6 Å². The van der Waals surface area contributed by atoms with Crippen LogP contribution in [0.15, 0.2) is 81.1 Å². The maximum atomic E-state index is 14.6. The number of likely N-dealkylation sites (tertiary alicyclic amines) is 2. The van der Waals surface area contributed by atoms with Crippen molar-refractivity contribution >= 4 is 63.4 Å². The highest BCUT2D eigenvalue weighted by Crippen LogP contribution is 2.52. The van der Waals surface area contributed by atoms with Crippen molar-refractivity contribution in [1.82, 2.24) is 35.0 Å². The van der Waals surface area contributed by atoms with Gasteiger partial charge in [-0.15, -0.1) is 11.3 Å². The normalized spacial score (nSPS) is 23.6. The smallest absolute Gasteiger partial charge is 0.282 e. The Morgan fingerprint density at radius 1 is 0.973 bits per heavy atom. The van der Waals surface area contributed by atoms with Crippen LogP contribution in [-0.2, 0) is 19.8 Å². The Labute approximate surface area is 442 Å². The first kappa shape index (κ1) is 50.5. The van der Waals surface area contributed by atoms with Gasteiger partial charge < -0.3 is 26.3 Å². The summed E-state index contributed by atoms with van der Waals surface area (Å²) < 4.78 is 2.26. The Hall–Kier alpha value is -5.61. The maximum absolute atomic E-state index is 14.6. The van der Waals surface area contributed by atoms with E-state index in [1.807, 2.05) is 55.8 Å². The van der Waals surface area contributed by atoms with Gasteiger partial charge in [-0.05, 0) is 162 Å². The Morgan fingerprint density at radius 3 is 2.45 bits per heavy atom. The van der Waals surface area contributed by atoms with E-state index < -0.39 is 12.1 Å². The third-order valence-corrected chi connectivity index (χ3v) is 19.0. The molecule has 3 aromatic carbocycles. The lowest BCUT2D eigenvalue weighted by Gasteiger charge is -2.37. The van der Waals surface area contributed by atoms with Crippen molar-refractivity contribution in [3.63, 3.8) is 0 Å². The number of hydrogen-bond acceptors (Lipinski definition) is 12. The van der Waals surface area contributed by atoms with E-state index in [1.165, 1.54) is 28.1 Å². The second-order valence-corrected chi connectivity index (χ2v) is 23.4. The predicted molar refractivity (Wildman–Crippen MR) is 294 cm³/mol. The molecule has 14 nitrogen and oxygen atoms in total. The predicted octanol–water partition coefficient (Wildman–Crippen LogP) is 8.82. The van der Waals surface area contributed by atoms with Crippen LogP contribution in [0.5, 0.6) is 0 Å². The van der Waals surface area contributed by atoms with Gasteiger partial charge in [0.05, 0.1) is 61.4 Å². The lowest BCUT2D eigenvalue weighted by atomic mass is 9.69. The van der Waals surface area contributed by atoms with E-state index in [0.717, 1.165) is 143 Å². The molecule has 2 aromatic heterocycles. The van der Waals surface area contributed by atoms with Crippen LogP contribution in [0.2, 0.25) is 5.02 Å². The second-order valence-electron chi connectivity index (χ2n) is 22.1. The number of hydrazone groups is 1. The molecule has 6 heterocycles. The number of amides is 2. The van der Waals surface area contributed by atoms with Crippen molar-refractivity contribution in [3.05, 3.63) is 110 Å². The van der Waals surface area contributed by atoms with E-state index in [4.69, 9.17) is 27.4 Å². The zero-order chi connectivity index (χ0) is 51.1. The number of piperidine rings is 2. The van der Waals surface area contributed by atoms with E-state index in [0.29, 0.717) is 28.0 Å². The molecule has 2 aliphatic carbocycles. The highest BCUT2D eigenvalue weighted by Gasteiger charge is 2.47. The number of hydrogen-bond donors (Lipinski definition) is 3. The fourth-order valence-electron chi connectivity index (χ4n) is 13.6. The van der Waals surface area contributed by atoms with Gasteiger partial charge in [0.1, 0.15) is 17.9 Å². The first-order chi connectivity index (χ1) is 36.0. The summed E-state index contributed by atoms with van der Waals surface area (Å²) in [6.07, 6.45) is 14.9. The Balaban J connectivity index is 0.706.